The number of hydrogen-bond donors (Lipinski definition) is 0. The lowest BCUT2D eigenvalue weighted by atomic mass is 9.84. The molecule has 0 spiro atoms. The smallest absolute Gasteiger partial charge is 0.223 e. The van der Waals surface area contributed by atoms with Crippen LogP contribution in [-0.2, 0) is 11.3 Å². The number of carbonyl (C=O) groups excluding carboxylic acids is 1. The van der Waals surface area contributed by atoms with E-state index in [1.165, 1.54) is 12.8 Å². The Morgan fingerprint density at radius 3 is 2.94 bits per heavy atom. The van der Waals surface area contributed by atoms with E-state index in [9.17, 15) is 4.79 Å². The fraction of sp³-hybridized carbons (Fsp3) is 0.692. The Hall–Kier alpha value is -0.900. The predicted molar refractivity (Wildman–Crippen MR) is 67.7 cm³/mol. The molecule has 0 aromatic carbocycles. The molecule has 1 amide bonds. The monoisotopic (exact) mass is 250 g/mol. The van der Waals surface area contributed by atoms with E-state index in [0.29, 0.717) is 12.5 Å². The summed E-state index contributed by atoms with van der Waals surface area (Å²) in [4.78, 5) is 18.5. The number of aryl methyl sites for hydroxylation is 1. The number of amides is 1. The van der Waals surface area contributed by atoms with Gasteiger partial charge in [0.05, 0.1) is 17.2 Å². The van der Waals surface area contributed by atoms with Crippen molar-refractivity contribution in [1.29, 1.82) is 0 Å². The van der Waals surface area contributed by atoms with Gasteiger partial charge in [-0.25, -0.2) is 4.98 Å². The van der Waals surface area contributed by atoms with Crippen LogP contribution < -0.4 is 0 Å². The molecule has 4 heteroatoms. The molecular weight excluding hydrogens is 232 g/mol. The Balaban J connectivity index is 1.70. The summed E-state index contributed by atoms with van der Waals surface area (Å²) in [6.07, 6.45) is 3.36. The molecule has 1 aliphatic carbocycles. The zero-order valence-corrected chi connectivity index (χ0v) is 11.2. The predicted octanol–water partition coefficient (Wildman–Crippen LogP) is 2.60. The van der Waals surface area contributed by atoms with E-state index < -0.39 is 0 Å². The standard InChI is InChI=1S/C13H18N2OS/c1-9-14-11(7-17-9)6-15-8-13(2,5-12(15)16)10-3-4-10/h7,10H,3-6,8H2,1-2H3/t13-/m1/s1. The van der Waals surface area contributed by atoms with Crippen LogP contribution in [0.1, 0.15) is 36.9 Å². The lowest BCUT2D eigenvalue weighted by Crippen LogP contribution is -2.27. The van der Waals surface area contributed by atoms with Gasteiger partial charge in [0, 0.05) is 18.3 Å². The van der Waals surface area contributed by atoms with Crippen molar-refractivity contribution in [3.8, 4) is 0 Å². The number of likely N-dealkylation sites (tertiary alicyclic amines) is 1. The first-order valence-electron chi connectivity index (χ1n) is 6.26. The minimum Gasteiger partial charge on any atom is -0.336 e. The van der Waals surface area contributed by atoms with Gasteiger partial charge in [0.2, 0.25) is 5.91 Å². The first kappa shape index (κ1) is 11.2. The van der Waals surface area contributed by atoms with Crippen molar-refractivity contribution >= 4 is 17.2 Å². The summed E-state index contributed by atoms with van der Waals surface area (Å²) in [6.45, 7) is 5.90. The summed E-state index contributed by atoms with van der Waals surface area (Å²) in [5.74, 6) is 1.10. The van der Waals surface area contributed by atoms with Crippen molar-refractivity contribution in [1.82, 2.24) is 9.88 Å². The van der Waals surface area contributed by atoms with Gasteiger partial charge < -0.3 is 4.90 Å². The van der Waals surface area contributed by atoms with Gasteiger partial charge in [-0.2, -0.15) is 0 Å². The molecule has 92 valence electrons. The quantitative estimate of drug-likeness (QED) is 0.826. The molecule has 1 saturated carbocycles. The third kappa shape index (κ3) is 2.10. The molecule has 1 aromatic rings. The Morgan fingerprint density at radius 1 is 1.59 bits per heavy atom. The summed E-state index contributed by atoms with van der Waals surface area (Å²) in [7, 11) is 0. The van der Waals surface area contributed by atoms with Crippen LogP contribution in [0.5, 0.6) is 0 Å². The highest BCUT2D eigenvalue weighted by Crippen LogP contribution is 2.50. The summed E-state index contributed by atoms with van der Waals surface area (Å²) >= 11 is 1.66. The minimum atomic E-state index is 0.238. The van der Waals surface area contributed by atoms with E-state index in [1.54, 1.807) is 11.3 Å². The first-order chi connectivity index (χ1) is 8.07. The molecule has 17 heavy (non-hydrogen) atoms. The molecule has 2 fully saturated rings. The maximum absolute atomic E-state index is 12.0. The van der Waals surface area contributed by atoms with Crippen LogP contribution >= 0.6 is 11.3 Å². The summed E-state index contributed by atoms with van der Waals surface area (Å²) < 4.78 is 0. The Bertz CT molecular complexity index is 452. The SMILES string of the molecule is Cc1nc(CN2C[C@](C)(C3CC3)CC2=O)cs1. The molecule has 3 nitrogen and oxygen atoms in total. The number of thiazole rings is 1. The molecule has 3 rings (SSSR count). The fourth-order valence-corrected chi connectivity index (χ4v) is 3.52. The van der Waals surface area contributed by atoms with Crippen LogP contribution in [0.15, 0.2) is 5.38 Å². The second kappa shape index (κ2) is 3.80. The van der Waals surface area contributed by atoms with Gasteiger partial charge in [-0.1, -0.05) is 6.92 Å². The molecule has 0 bridgehead atoms. The molecule has 2 aliphatic rings. The maximum atomic E-state index is 12.0. The van der Waals surface area contributed by atoms with Crippen LogP contribution in [-0.4, -0.2) is 22.3 Å². The molecular formula is C13H18N2OS. The normalized spacial score (nSPS) is 29.1. The van der Waals surface area contributed by atoms with E-state index >= 15 is 0 Å². The van der Waals surface area contributed by atoms with Crippen molar-refractivity contribution in [2.75, 3.05) is 6.54 Å². The molecule has 0 radical (unpaired) electrons. The highest BCUT2D eigenvalue weighted by molar-refractivity contribution is 7.09. The van der Waals surface area contributed by atoms with Gasteiger partial charge in [-0.3, -0.25) is 4.79 Å². The molecule has 1 aromatic heterocycles. The average molecular weight is 250 g/mol. The van der Waals surface area contributed by atoms with Crippen molar-refractivity contribution in [3.63, 3.8) is 0 Å². The number of nitrogens with zero attached hydrogens (tertiary/aromatic N) is 2. The average Bonchev–Trinajstić information content (AvgIpc) is 2.98. The minimum absolute atomic E-state index is 0.238. The van der Waals surface area contributed by atoms with Crippen molar-refractivity contribution < 1.29 is 4.79 Å². The lowest BCUT2D eigenvalue weighted by Gasteiger charge is -2.23. The second-order valence-corrected chi connectivity index (χ2v) is 6.77. The van der Waals surface area contributed by atoms with E-state index in [4.69, 9.17) is 0 Å². The lowest BCUT2D eigenvalue weighted by molar-refractivity contribution is -0.128. The second-order valence-electron chi connectivity index (χ2n) is 5.71. The van der Waals surface area contributed by atoms with E-state index in [0.717, 1.165) is 29.6 Å². The zero-order valence-electron chi connectivity index (χ0n) is 10.4. The van der Waals surface area contributed by atoms with Gasteiger partial charge >= 0.3 is 0 Å². The Labute approximate surface area is 106 Å². The van der Waals surface area contributed by atoms with Crippen LogP contribution in [0.4, 0.5) is 0 Å². The van der Waals surface area contributed by atoms with Gasteiger partial charge in [0.15, 0.2) is 0 Å². The highest BCUT2D eigenvalue weighted by Gasteiger charge is 2.49. The highest BCUT2D eigenvalue weighted by atomic mass is 32.1. The first-order valence-corrected chi connectivity index (χ1v) is 7.13. The summed E-state index contributed by atoms with van der Waals surface area (Å²) in [6, 6.07) is 0. The molecule has 0 N–H and O–H groups in total. The largest absolute Gasteiger partial charge is 0.336 e. The van der Waals surface area contributed by atoms with Crippen molar-refractivity contribution in [2.24, 2.45) is 11.3 Å². The number of rotatable bonds is 3. The van der Waals surface area contributed by atoms with Gasteiger partial charge in [-0.15, -0.1) is 11.3 Å². The van der Waals surface area contributed by atoms with Crippen LogP contribution in [0.3, 0.4) is 0 Å². The zero-order chi connectivity index (χ0) is 12.0. The van der Waals surface area contributed by atoms with Crippen LogP contribution in [0.2, 0.25) is 0 Å². The summed E-state index contributed by atoms with van der Waals surface area (Å²) in [5.41, 5.74) is 1.28. The number of carbonyl (C=O) groups is 1. The van der Waals surface area contributed by atoms with Crippen molar-refractivity contribution in [3.05, 3.63) is 16.1 Å². The van der Waals surface area contributed by atoms with E-state index in [-0.39, 0.29) is 5.41 Å². The van der Waals surface area contributed by atoms with Gasteiger partial charge in [0.1, 0.15) is 0 Å². The third-order valence-corrected chi connectivity index (χ3v) is 4.86. The fourth-order valence-electron chi connectivity index (χ4n) is 2.91. The topological polar surface area (TPSA) is 33.2 Å². The van der Waals surface area contributed by atoms with E-state index in [2.05, 4.69) is 17.3 Å². The van der Waals surface area contributed by atoms with Crippen molar-refractivity contribution in [2.45, 2.75) is 39.7 Å². The molecule has 1 atom stereocenters. The number of aromatic nitrogens is 1. The maximum Gasteiger partial charge on any atom is 0.223 e. The Kier molecular flexibility index (Phi) is 2.51. The van der Waals surface area contributed by atoms with Gasteiger partial charge in [0.25, 0.3) is 0 Å². The van der Waals surface area contributed by atoms with Crippen LogP contribution in [0, 0.1) is 18.3 Å². The Morgan fingerprint density at radius 2 is 2.35 bits per heavy atom. The van der Waals surface area contributed by atoms with Crippen LogP contribution in [0.25, 0.3) is 0 Å². The molecule has 1 aliphatic heterocycles. The number of hydrogen-bond acceptors (Lipinski definition) is 3. The van der Waals surface area contributed by atoms with E-state index in [1.807, 2.05) is 11.8 Å². The summed E-state index contributed by atoms with van der Waals surface area (Å²) in [5, 5.41) is 3.15. The molecule has 1 saturated heterocycles. The molecule has 2 heterocycles. The third-order valence-electron chi connectivity index (χ3n) is 4.04. The van der Waals surface area contributed by atoms with Gasteiger partial charge in [-0.05, 0) is 31.1 Å². The molecule has 0 unspecified atom stereocenters.